The molecule has 1 fully saturated rings. The van der Waals surface area contributed by atoms with Gasteiger partial charge in [-0.15, -0.1) is 0 Å². The number of aromatic nitrogens is 1. The fourth-order valence-corrected chi connectivity index (χ4v) is 2.83. The lowest BCUT2D eigenvalue weighted by molar-refractivity contribution is 0.0360. The average molecular weight is 279 g/mol. The van der Waals surface area contributed by atoms with Crippen LogP contribution in [0.15, 0.2) is 18.3 Å². The molecule has 1 aromatic rings. The number of hydrogen-bond donors (Lipinski definition) is 2. The first-order chi connectivity index (χ1) is 9.38. The Kier molecular flexibility index (Phi) is 4.50. The molecule has 112 valence electrons. The van der Waals surface area contributed by atoms with Gasteiger partial charge in [-0.1, -0.05) is 0 Å². The Morgan fingerprint density at radius 3 is 2.75 bits per heavy atom. The summed E-state index contributed by atoms with van der Waals surface area (Å²) in [7, 11) is 1.74. The third kappa shape index (κ3) is 3.61. The van der Waals surface area contributed by atoms with Crippen LogP contribution >= 0.6 is 0 Å². The molecule has 0 spiro atoms. The molecule has 2 N–H and O–H groups in total. The Morgan fingerprint density at radius 2 is 2.15 bits per heavy atom. The van der Waals surface area contributed by atoms with E-state index in [1.807, 2.05) is 18.3 Å². The standard InChI is InChI=1S/C15H25N3O2/c1-15(2,20)11-17(3)14(19)13-5-4-10-18(13)12-6-8-16-9-7-12/h4-5,10,12,16,20H,6-9,11H2,1-3H3. The Morgan fingerprint density at radius 1 is 1.50 bits per heavy atom. The molecule has 0 aromatic carbocycles. The molecule has 0 radical (unpaired) electrons. The van der Waals surface area contributed by atoms with Crippen LogP contribution < -0.4 is 5.32 Å². The first-order valence-corrected chi connectivity index (χ1v) is 7.24. The lowest BCUT2D eigenvalue weighted by Gasteiger charge is -2.29. The third-order valence-corrected chi connectivity index (χ3v) is 3.67. The van der Waals surface area contributed by atoms with Gasteiger partial charge in [0.15, 0.2) is 0 Å². The van der Waals surface area contributed by atoms with Gasteiger partial charge in [0.1, 0.15) is 5.69 Å². The quantitative estimate of drug-likeness (QED) is 0.872. The van der Waals surface area contributed by atoms with Crippen molar-refractivity contribution in [3.63, 3.8) is 0 Å². The Labute approximate surface area is 120 Å². The molecule has 1 aliphatic heterocycles. The second-order valence-corrected chi connectivity index (χ2v) is 6.26. The molecule has 1 aromatic heterocycles. The van der Waals surface area contributed by atoms with Crippen LogP contribution in [0.25, 0.3) is 0 Å². The van der Waals surface area contributed by atoms with Crippen LogP contribution in [0.2, 0.25) is 0 Å². The number of carbonyl (C=O) groups is 1. The largest absolute Gasteiger partial charge is 0.389 e. The van der Waals surface area contributed by atoms with Crippen LogP contribution in [-0.4, -0.2) is 52.8 Å². The fourth-order valence-electron chi connectivity index (χ4n) is 2.83. The average Bonchev–Trinajstić information content (AvgIpc) is 2.86. The lowest BCUT2D eigenvalue weighted by atomic mass is 10.1. The van der Waals surface area contributed by atoms with Gasteiger partial charge in [0.2, 0.25) is 0 Å². The fraction of sp³-hybridized carbons (Fsp3) is 0.667. The van der Waals surface area contributed by atoms with Gasteiger partial charge in [-0.25, -0.2) is 0 Å². The summed E-state index contributed by atoms with van der Waals surface area (Å²) in [6.07, 6.45) is 4.08. The van der Waals surface area contributed by atoms with E-state index in [0.717, 1.165) is 25.9 Å². The topological polar surface area (TPSA) is 57.5 Å². The number of nitrogens with zero attached hydrogens (tertiary/aromatic N) is 2. The van der Waals surface area contributed by atoms with E-state index in [4.69, 9.17) is 0 Å². The van der Waals surface area contributed by atoms with Crippen LogP contribution in [-0.2, 0) is 0 Å². The highest BCUT2D eigenvalue weighted by Crippen LogP contribution is 2.22. The summed E-state index contributed by atoms with van der Waals surface area (Å²) in [5.41, 5.74) is -0.167. The van der Waals surface area contributed by atoms with Gasteiger partial charge in [0.05, 0.1) is 5.60 Å². The van der Waals surface area contributed by atoms with Crippen LogP contribution in [0.4, 0.5) is 0 Å². The smallest absolute Gasteiger partial charge is 0.270 e. The summed E-state index contributed by atoms with van der Waals surface area (Å²) in [6.45, 7) is 5.74. The number of amides is 1. The van der Waals surface area contributed by atoms with E-state index in [0.29, 0.717) is 18.3 Å². The minimum Gasteiger partial charge on any atom is -0.389 e. The molecule has 0 bridgehead atoms. The van der Waals surface area contributed by atoms with Crippen molar-refractivity contribution in [1.29, 1.82) is 0 Å². The zero-order valence-electron chi connectivity index (χ0n) is 12.6. The van der Waals surface area contributed by atoms with Crippen LogP contribution in [0.1, 0.15) is 43.2 Å². The molecule has 0 saturated carbocycles. The van der Waals surface area contributed by atoms with Crippen molar-refractivity contribution < 1.29 is 9.90 Å². The van der Waals surface area contributed by atoms with Crippen molar-refractivity contribution >= 4 is 5.91 Å². The molecular formula is C15H25N3O2. The number of piperidine rings is 1. The normalized spacial score (nSPS) is 17.2. The van der Waals surface area contributed by atoms with Gasteiger partial charge in [-0.3, -0.25) is 4.79 Å². The van der Waals surface area contributed by atoms with E-state index in [9.17, 15) is 9.90 Å². The zero-order chi connectivity index (χ0) is 14.8. The number of hydrogen-bond acceptors (Lipinski definition) is 3. The molecule has 0 atom stereocenters. The van der Waals surface area contributed by atoms with Crippen LogP contribution in [0.5, 0.6) is 0 Å². The van der Waals surface area contributed by atoms with Crippen LogP contribution in [0, 0.1) is 0 Å². The number of carbonyl (C=O) groups excluding carboxylic acids is 1. The van der Waals surface area contributed by atoms with Crippen molar-refractivity contribution in [2.45, 2.75) is 38.3 Å². The first-order valence-electron chi connectivity index (χ1n) is 7.24. The molecule has 2 rings (SSSR count). The minimum absolute atomic E-state index is 0.0318. The molecule has 1 saturated heterocycles. The number of aliphatic hydroxyl groups is 1. The Hall–Kier alpha value is -1.33. The molecule has 20 heavy (non-hydrogen) atoms. The summed E-state index contributed by atoms with van der Waals surface area (Å²) in [5, 5.41) is 13.2. The van der Waals surface area contributed by atoms with Gasteiger partial charge in [0, 0.05) is 25.8 Å². The van der Waals surface area contributed by atoms with E-state index in [1.165, 1.54) is 0 Å². The van der Waals surface area contributed by atoms with E-state index >= 15 is 0 Å². The number of rotatable bonds is 4. The third-order valence-electron chi connectivity index (χ3n) is 3.67. The molecule has 0 unspecified atom stereocenters. The van der Waals surface area contributed by atoms with Crippen molar-refractivity contribution in [2.75, 3.05) is 26.7 Å². The van der Waals surface area contributed by atoms with E-state index < -0.39 is 5.60 Å². The predicted octanol–water partition coefficient (Wildman–Crippen LogP) is 1.26. The molecule has 1 aliphatic rings. The summed E-state index contributed by atoms with van der Waals surface area (Å²) in [6, 6.07) is 4.18. The first kappa shape index (κ1) is 15.1. The maximum atomic E-state index is 12.5. The second-order valence-electron chi connectivity index (χ2n) is 6.26. The summed E-state index contributed by atoms with van der Waals surface area (Å²) >= 11 is 0. The zero-order valence-corrected chi connectivity index (χ0v) is 12.6. The Balaban J connectivity index is 2.12. The molecule has 2 heterocycles. The second kappa shape index (κ2) is 5.97. The Bertz CT molecular complexity index is 456. The lowest BCUT2D eigenvalue weighted by Crippen LogP contribution is -2.40. The predicted molar refractivity (Wildman–Crippen MR) is 78.8 cm³/mol. The van der Waals surface area contributed by atoms with Crippen molar-refractivity contribution in [2.24, 2.45) is 0 Å². The summed E-state index contributed by atoms with van der Waals surface area (Å²) in [4.78, 5) is 14.1. The van der Waals surface area contributed by atoms with Gasteiger partial charge in [0.25, 0.3) is 5.91 Å². The molecular weight excluding hydrogens is 254 g/mol. The van der Waals surface area contributed by atoms with E-state index in [1.54, 1.807) is 25.8 Å². The summed E-state index contributed by atoms with van der Waals surface area (Å²) < 4.78 is 2.09. The molecule has 1 amide bonds. The molecule has 5 nitrogen and oxygen atoms in total. The highest BCUT2D eigenvalue weighted by atomic mass is 16.3. The van der Waals surface area contributed by atoms with Gasteiger partial charge in [-0.05, 0) is 51.9 Å². The van der Waals surface area contributed by atoms with Crippen molar-refractivity contribution in [3.05, 3.63) is 24.0 Å². The van der Waals surface area contributed by atoms with Crippen molar-refractivity contribution in [1.82, 2.24) is 14.8 Å². The van der Waals surface area contributed by atoms with Crippen LogP contribution in [0.3, 0.4) is 0 Å². The maximum Gasteiger partial charge on any atom is 0.270 e. The van der Waals surface area contributed by atoms with E-state index in [2.05, 4.69) is 9.88 Å². The SMILES string of the molecule is CN(CC(C)(C)O)C(=O)c1cccn1C1CCNCC1. The molecule has 5 heteroatoms. The van der Waals surface area contributed by atoms with Crippen molar-refractivity contribution in [3.8, 4) is 0 Å². The number of likely N-dealkylation sites (N-methyl/N-ethyl adjacent to an activating group) is 1. The maximum absolute atomic E-state index is 12.5. The number of nitrogens with one attached hydrogen (secondary N) is 1. The van der Waals surface area contributed by atoms with Gasteiger partial charge < -0.3 is 19.9 Å². The molecule has 0 aliphatic carbocycles. The summed E-state index contributed by atoms with van der Waals surface area (Å²) in [5.74, 6) is -0.0318. The highest BCUT2D eigenvalue weighted by molar-refractivity contribution is 5.92. The monoisotopic (exact) mass is 279 g/mol. The van der Waals surface area contributed by atoms with E-state index in [-0.39, 0.29) is 5.91 Å². The minimum atomic E-state index is -0.878. The van der Waals surface area contributed by atoms with Gasteiger partial charge in [-0.2, -0.15) is 0 Å². The highest BCUT2D eigenvalue weighted by Gasteiger charge is 2.24. The van der Waals surface area contributed by atoms with Gasteiger partial charge >= 0.3 is 0 Å².